The summed E-state index contributed by atoms with van der Waals surface area (Å²) in [5.74, 6) is -0.0718. The van der Waals surface area contributed by atoms with Crippen molar-refractivity contribution in [1.29, 1.82) is 5.26 Å². The smallest absolute Gasteiger partial charge is 0.190 e. The Bertz CT molecular complexity index is 677. The molecule has 5 heteroatoms. The van der Waals surface area contributed by atoms with E-state index in [1.54, 1.807) is 36.4 Å². The molecule has 1 atom stereocenters. The van der Waals surface area contributed by atoms with Crippen LogP contribution in [0.4, 0.5) is 5.69 Å². The van der Waals surface area contributed by atoms with E-state index in [4.69, 9.17) is 15.1 Å². The topological polar surface area (TPSA) is 62.6 Å². The SMILES string of the molecule is N#Cc1ccc(N2OOCC2C(=O)c2ccccc2)cc1. The number of ketones is 1. The van der Waals surface area contributed by atoms with E-state index in [1.165, 1.54) is 5.06 Å². The maximum absolute atomic E-state index is 12.5. The zero-order chi connectivity index (χ0) is 14.7. The van der Waals surface area contributed by atoms with Gasteiger partial charge in [0.25, 0.3) is 0 Å². The summed E-state index contributed by atoms with van der Waals surface area (Å²) in [6.07, 6.45) is 0. The van der Waals surface area contributed by atoms with Gasteiger partial charge in [-0.1, -0.05) is 30.3 Å². The summed E-state index contributed by atoms with van der Waals surface area (Å²) >= 11 is 0. The number of nitrogens with zero attached hydrogens (tertiary/aromatic N) is 2. The summed E-state index contributed by atoms with van der Waals surface area (Å²) in [5, 5.41) is 10.2. The van der Waals surface area contributed by atoms with Crippen LogP contribution in [0.2, 0.25) is 0 Å². The molecule has 1 aliphatic heterocycles. The number of nitriles is 1. The van der Waals surface area contributed by atoms with Crippen molar-refractivity contribution in [3.8, 4) is 6.07 Å². The van der Waals surface area contributed by atoms with Gasteiger partial charge in [-0.25, -0.2) is 9.95 Å². The van der Waals surface area contributed by atoms with Crippen LogP contribution in [-0.2, 0) is 9.88 Å². The van der Waals surface area contributed by atoms with Crippen LogP contribution >= 0.6 is 0 Å². The predicted molar refractivity (Wildman–Crippen MR) is 75.2 cm³/mol. The van der Waals surface area contributed by atoms with Crippen LogP contribution in [0.1, 0.15) is 15.9 Å². The van der Waals surface area contributed by atoms with Crippen LogP contribution in [0.15, 0.2) is 54.6 Å². The summed E-state index contributed by atoms with van der Waals surface area (Å²) in [6.45, 7) is 0.160. The first kappa shape index (κ1) is 13.3. The monoisotopic (exact) mass is 280 g/mol. The summed E-state index contributed by atoms with van der Waals surface area (Å²) in [7, 11) is 0. The van der Waals surface area contributed by atoms with E-state index in [-0.39, 0.29) is 12.4 Å². The first-order valence-electron chi connectivity index (χ1n) is 6.48. The molecule has 1 aliphatic rings. The Hall–Kier alpha value is -2.68. The second-order valence-electron chi connectivity index (χ2n) is 4.59. The average Bonchev–Trinajstić information content (AvgIpc) is 3.04. The normalized spacial score (nSPS) is 17.5. The lowest BCUT2D eigenvalue weighted by molar-refractivity contribution is -0.258. The molecule has 5 nitrogen and oxygen atoms in total. The summed E-state index contributed by atoms with van der Waals surface area (Å²) in [5.41, 5.74) is 1.82. The zero-order valence-corrected chi connectivity index (χ0v) is 11.1. The van der Waals surface area contributed by atoms with Crippen molar-refractivity contribution in [3.05, 3.63) is 65.7 Å². The molecule has 1 saturated heterocycles. The lowest BCUT2D eigenvalue weighted by Crippen LogP contribution is -2.37. The molecule has 0 aromatic heterocycles. The summed E-state index contributed by atoms with van der Waals surface area (Å²) in [4.78, 5) is 22.6. The lowest BCUT2D eigenvalue weighted by atomic mass is 10.0. The van der Waals surface area contributed by atoms with E-state index < -0.39 is 6.04 Å². The highest BCUT2D eigenvalue weighted by molar-refractivity contribution is 6.01. The van der Waals surface area contributed by atoms with Gasteiger partial charge in [0, 0.05) is 5.56 Å². The van der Waals surface area contributed by atoms with E-state index in [9.17, 15) is 4.79 Å². The minimum absolute atomic E-state index is 0.0718. The van der Waals surface area contributed by atoms with Gasteiger partial charge in [-0.05, 0) is 24.3 Å². The molecule has 3 rings (SSSR count). The predicted octanol–water partition coefficient (Wildman–Crippen LogP) is 2.49. The molecule has 0 radical (unpaired) electrons. The minimum atomic E-state index is -0.541. The van der Waals surface area contributed by atoms with Gasteiger partial charge in [0.2, 0.25) is 0 Å². The third kappa shape index (κ3) is 2.63. The third-order valence-corrected chi connectivity index (χ3v) is 3.25. The number of carbonyl (C=O) groups is 1. The van der Waals surface area contributed by atoms with Crippen LogP contribution in [0, 0.1) is 11.3 Å². The number of rotatable bonds is 3. The van der Waals surface area contributed by atoms with Crippen LogP contribution in [0.5, 0.6) is 0 Å². The van der Waals surface area contributed by atoms with Gasteiger partial charge < -0.3 is 0 Å². The van der Waals surface area contributed by atoms with E-state index >= 15 is 0 Å². The highest BCUT2D eigenvalue weighted by Gasteiger charge is 2.34. The first-order chi connectivity index (χ1) is 10.3. The third-order valence-electron chi connectivity index (χ3n) is 3.25. The number of hydrogen-bond donors (Lipinski definition) is 0. The minimum Gasteiger partial charge on any atom is -0.292 e. The molecule has 21 heavy (non-hydrogen) atoms. The van der Waals surface area contributed by atoms with Crippen LogP contribution in [0.3, 0.4) is 0 Å². The number of hydrogen-bond acceptors (Lipinski definition) is 5. The summed E-state index contributed by atoms with van der Waals surface area (Å²) < 4.78 is 0. The van der Waals surface area contributed by atoms with E-state index in [0.717, 1.165) is 0 Å². The van der Waals surface area contributed by atoms with Gasteiger partial charge in [0.15, 0.2) is 5.78 Å². The van der Waals surface area contributed by atoms with Crippen molar-refractivity contribution < 1.29 is 14.7 Å². The van der Waals surface area contributed by atoms with E-state index in [0.29, 0.717) is 16.8 Å². The van der Waals surface area contributed by atoms with Gasteiger partial charge in [0.1, 0.15) is 12.6 Å². The number of hydroxylamine groups is 1. The molecule has 0 amide bonds. The Morgan fingerprint density at radius 3 is 2.52 bits per heavy atom. The highest BCUT2D eigenvalue weighted by Crippen LogP contribution is 2.25. The molecule has 1 heterocycles. The van der Waals surface area contributed by atoms with Gasteiger partial charge in [0.05, 0.1) is 17.3 Å². The maximum atomic E-state index is 12.5. The maximum Gasteiger partial charge on any atom is 0.190 e. The van der Waals surface area contributed by atoms with Gasteiger partial charge in [-0.3, -0.25) is 4.79 Å². The molecule has 0 bridgehead atoms. The fourth-order valence-electron chi connectivity index (χ4n) is 2.15. The van der Waals surface area contributed by atoms with Crippen LogP contribution < -0.4 is 5.06 Å². The quantitative estimate of drug-likeness (QED) is 0.638. The highest BCUT2D eigenvalue weighted by atomic mass is 17.3. The fourth-order valence-corrected chi connectivity index (χ4v) is 2.15. The van der Waals surface area contributed by atoms with Crippen molar-refractivity contribution in [2.75, 3.05) is 11.7 Å². The van der Waals surface area contributed by atoms with E-state index in [2.05, 4.69) is 0 Å². The van der Waals surface area contributed by atoms with Crippen molar-refractivity contribution in [2.24, 2.45) is 0 Å². The molecule has 104 valence electrons. The van der Waals surface area contributed by atoms with Gasteiger partial charge in [-0.15, -0.1) is 4.99 Å². The molecule has 1 unspecified atom stereocenters. The molecule has 2 aromatic rings. The van der Waals surface area contributed by atoms with Crippen molar-refractivity contribution in [2.45, 2.75) is 6.04 Å². The Labute approximate surface area is 121 Å². The Morgan fingerprint density at radius 1 is 1.14 bits per heavy atom. The lowest BCUT2D eigenvalue weighted by Gasteiger charge is -2.20. The second kappa shape index (κ2) is 5.75. The van der Waals surface area contributed by atoms with Crippen LogP contribution in [0.25, 0.3) is 0 Å². The summed E-state index contributed by atoms with van der Waals surface area (Å²) in [6, 6.07) is 17.3. The molecule has 0 spiro atoms. The van der Waals surface area contributed by atoms with Gasteiger partial charge >= 0.3 is 0 Å². The fraction of sp³-hybridized carbons (Fsp3) is 0.125. The molecule has 0 aliphatic carbocycles. The van der Waals surface area contributed by atoms with Crippen LogP contribution in [-0.4, -0.2) is 18.4 Å². The molecule has 0 saturated carbocycles. The standard InChI is InChI=1S/C16H12N2O3/c17-10-12-6-8-14(9-7-12)18-15(11-20-21-18)16(19)13-4-2-1-3-5-13/h1-9,15H,11H2. The molecule has 1 fully saturated rings. The Balaban J connectivity index is 1.85. The van der Waals surface area contributed by atoms with Crippen molar-refractivity contribution in [3.63, 3.8) is 0 Å². The van der Waals surface area contributed by atoms with E-state index in [1.807, 2.05) is 24.3 Å². The Morgan fingerprint density at radius 2 is 1.86 bits per heavy atom. The number of carbonyl (C=O) groups excluding carboxylic acids is 1. The van der Waals surface area contributed by atoms with Crippen molar-refractivity contribution in [1.82, 2.24) is 0 Å². The number of anilines is 1. The molecular weight excluding hydrogens is 268 g/mol. The molecular formula is C16H12N2O3. The number of Topliss-reactive ketones (excluding diaryl/α,β-unsaturated/α-hetero) is 1. The van der Waals surface area contributed by atoms with Crippen molar-refractivity contribution >= 4 is 11.5 Å². The first-order valence-corrected chi connectivity index (χ1v) is 6.48. The number of benzene rings is 2. The largest absolute Gasteiger partial charge is 0.292 e. The average molecular weight is 280 g/mol. The zero-order valence-electron chi connectivity index (χ0n) is 11.1. The Kier molecular flexibility index (Phi) is 3.65. The molecule has 2 aromatic carbocycles. The van der Waals surface area contributed by atoms with Gasteiger partial charge in [-0.2, -0.15) is 5.26 Å². The molecule has 0 N–H and O–H groups in total. The second-order valence-corrected chi connectivity index (χ2v) is 4.59.